The van der Waals surface area contributed by atoms with Crippen LogP contribution in [-0.4, -0.2) is 18.1 Å². The molecule has 0 aromatic heterocycles. The Morgan fingerprint density at radius 3 is 2.07 bits per heavy atom. The lowest BCUT2D eigenvalue weighted by atomic mass is 9.86. The van der Waals surface area contributed by atoms with Gasteiger partial charge in [-0.05, 0) is 17.9 Å². The van der Waals surface area contributed by atoms with Gasteiger partial charge in [-0.3, -0.25) is 0 Å². The summed E-state index contributed by atoms with van der Waals surface area (Å²) in [5.74, 6) is 0.520. The lowest BCUT2D eigenvalue weighted by Gasteiger charge is -2.10. The van der Waals surface area contributed by atoms with Gasteiger partial charge in [0.15, 0.2) is 0 Å². The summed E-state index contributed by atoms with van der Waals surface area (Å²) in [7, 11) is 1.80. The second-order valence-electron chi connectivity index (χ2n) is 3.49. The summed E-state index contributed by atoms with van der Waals surface area (Å²) in [4.78, 5) is 0. The van der Waals surface area contributed by atoms with Crippen molar-refractivity contribution in [2.75, 3.05) is 0 Å². The number of benzene rings is 2. The average molecular weight is 186 g/mol. The fourth-order valence-electron chi connectivity index (χ4n) is 1.66. The van der Waals surface area contributed by atoms with Gasteiger partial charge in [0, 0.05) is 10.8 Å². The monoisotopic (exact) mass is 186 g/mol. The zero-order chi connectivity index (χ0) is 10.3. The van der Waals surface area contributed by atoms with Crippen molar-refractivity contribution >= 4 is 24.1 Å². The Kier molecular flexibility index (Phi) is 1.88. The van der Waals surface area contributed by atoms with Crippen molar-refractivity contribution in [3.05, 3.63) is 29.8 Å². The van der Waals surface area contributed by atoms with Crippen LogP contribution in [0.3, 0.4) is 0 Å². The van der Waals surface area contributed by atoms with E-state index in [2.05, 4.69) is 0 Å². The van der Waals surface area contributed by atoms with Gasteiger partial charge < -0.3 is 10.2 Å². The molecule has 0 fully saturated rings. The van der Waals surface area contributed by atoms with E-state index in [0.717, 1.165) is 11.0 Å². The van der Waals surface area contributed by atoms with Gasteiger partial charge in [-0.1, -0.05) is 24.3 Å². The molecule has 0 bridgehead atoms. The molecule has 0 saturated carbocycles. The Bertz CT molecular complexity index is 460. The Labute approximate surface area is 83.2 Å². The van der Waals surface area contributed by atoms with Crippen LogP contribution >= 0.6 is 0 Å². The normalized spacial score (nSPS) is 10.6. The standard InChI is InChI=1S/C11H11BO2/c1-6-9(12)11(14)8-5-3-2-4-7(8)10(6)13/h2-5,13-14H,12H2,1H3. The molecule has 0 saturated heterocycles. The average Bonchev–Trinajstić information content (AvgIpc) is 2.23. The number of fused-ring (bicyclic) bond motifs is 1. The van der Waals surface area contributed by atoms with Gasteiger partial charge in [-0.25, -0.2) is 0 Å². The van der Waals surface area contributed by atoms with E-state index in [1.165, 1.54) is 0 Å². The van der Waals surface area contributed by atoms with Crippen LogP contribution in [0.2, 0.25) is 0 Å². The van der Waals surface area contributed by atoms with Crippen LogP contribution in [0, 0.1) is 6.92 Å². The molecular formula is C11H11BO2. The molecule has 0 unspecified atom stereocenters. The van der Waals surface area contributed by atoms with Crippen molar-refractivity contribution < 1.29 is 10.2 Å². The van der Waals surface area contributed by atoms with Gasteiger partial charge >= 0.3 is 0 Å². The molecule has 2 rings (SSSR count). The maximum Gasteiger partial charge on any atom is 0.144 e. The van der Waals surface area contributed by atoms with E-state index in [1.807, 2.05) is 12.1 Å². The number of phenols is 2. The molecule has 0 amide bonds. The highest BCUT2D eigenvalue weighted by atomic mass is 16.3. The first-order valence-electron chi connectivity index (χ1n) is 4.52. The summed E-state index contributed by atoms with van der Waals surface area (Å²) in [6.07, 6.45) is 0. The summed E-state index contributed by atoms with van der Waals surface area (Å²) in [5.41, 5.74) is 1.47. The lowest BCUT2D eigenvalue weighted by Crippen LogP contribution is -2.08. The topological polar surface area (TPSA) is 40.5 Å². The summed E-state index contributed by atoms with van der Waals surface area (Å²) in [5, 5.41) is 21.1. The van der Waals surface area contributed by atoms with Gasteiger partial charge in [0.1, 0.15) is 19.3 Å². The fourth-order valence-corrected chi connectivity index (χ4v) is 1.66. The highest BCUT2D eigenvalue weighted by Gasteiger charge is 2.11. The maximum absolute atomic E-state index is 9.85. The predicted octanol–water partition coefficient (Wildman–Crippen LogP) is 0.818. The fraction of sp³-hybridized carbons (Fsp3) is 0.0909. The minimum absolute atomic E-state index is 0.260. The highest BCUT2D eigenvalue weighted by Crippen LogP contribution is 2.32. The maximum atomic E-state index is 9.85. The summed E-state index contributed by atoms with van der Waals surface area (Å²) < 4.78 is 0. The van der Waals surface area contributed by atoms with E-state index in [9.17, 15) is 10.2 Å². The molecular weight excluding hydrogens is 175 g/mol. The third-order valence-electron chi connectivity index (χ3n) is 2.71. The highest BCUT2D eigenvalue weighted by molar-refractivity contribution is 6.37. The first-order valence-corrected chi connectivity index (χ1v) is 4.52. The summed E-state index contributed by atoms with van der Waals surface area (Å²) >= 11 is 0. The van der Waals surface area contributed by atoms with E-state index >= 15 is 0 Å². The molecule has 2 aromatic rings. The Morgan fingerprint density at radius 2 is 1.50 bits per heavy atom. The van der Waals surface area contributed by atoms with Crippen LogP contribution in [0.4, 0.5) is 0 Å². The van der Waals surface area contributed by atoms with Gasteiger partial charge in [-0.2, -0.15) is 0 Å². The quantitative estimate of drug-likeness (QED) is 0.472. The number of hydrogen-bond donors (Lipinski definition) is 2. The SMILES string of the molecule is Bc1c(C)c(O)c2ccccc2c1O. The van der Waals surface area contributed by atoms with Crippen molar-refractivity contribution in [3.8, 4) is 11.5 Å². The molecule has 0 aliphatic rings. The van der Waals surface area contributed by atoms with Gasteiger partial charge in [-0.15, -0.1) is 0 Å². The molecule has 0 atom stereocenters. The van der Waals surface area contributed by atoms with E-state index < -0.39 is 0 Å². The van der Waals surface area contributed by atoms with E-state index in [1.54, 1.807) is 26.9 Å². The van der Waals surface area contributed by atoms with Gasteiger partial charge in [0.2, 0.25) is 0 Å². The van der Waals surface area contributed by atoms with E-state index in [-0.39, 0.29) is 11.5 Å². The molecule has 14 heavy (non-hydrogen) atoms. The third-order valence-corrected chi connectivity index (χ3v) is 2.71. The minimum Gasteiger partial charge on any atom is -0.508 e. The Morgan fingerprint density at radius 1 is 1.00 bits per heavy atom. The number of phenolic OH excluding ortho intramolecular Hbond substituents is 2. The molecule has 3 heteroatoms. The van der Waals surface area contributed by atoms with Gasteiger partial charge in [0.05, 0.1) is 0 Å². The van der Waals surface area contributed by atoms with Crippen LogP contribution in [0.15, 0.2) is 24.3 Å². The molecule has 0 radical (unpaired) electrons. The number of hydrogen-bond acceptors (Lipinski definition) is 2. The molecule has 0 aliphatic heterocycles. The van der Waals surface area contributed by atoms with Crippen molar-refractivity contribution in [2.24, 2.45) is 0 Å². The Balaban J connectivity index is 3.02. The van der Waals surface area contributed by atoms with Crippen LogP contribution in [0.1, 0.15) is 5.56 Å². The largest absolute Gasteiger partial charge is 0.508 e. The summed E-state index contributed by atoms with van der Waals surface area (Å²) in [6.45, 7) is 1.80. The second kappa shape index (κ2) is 2.94. The first-order chi connectivity index (χ1) is 6.63. The molecule has 70 valence electrons. The molecule has 2 nitrogen and oxygen atoms in total. The summed E-state index contributed by atoms with van der Waals surface area (Å²) in [6, 6.07) is 7.29. The number of rotatable bonds is 0. The van der Waals surface area contributed by atoms with Crippen LogP contribution in [0.5, 0.6) is 11.5 Å². The van der Waals surface area contributed by atoms with E-state index in [4.69, 9.17) is 0 Å². The van der Waals surface area contributed by atoms with Crippen molar-refractivity contribution in [3.63, 3.8) is 0 Å². The van der Waals surface area contributed by atoms with Crippen molar-refractivity contribution in [1.82, 2.24) is 0 Å². The van der Waals surface area contributed by atoms with Crippen LogP contribution in [0.25, 0.3) is 10.8 Å². The lowest BCUT2D eigenvalue weighted by molar-refractivity contribution is 0.469. The second-order valence-corrected chi connectivity index (χ2v) is 3.49. The van der Waals surface area contributed by atoms with Crippen LogP contribution < -0.4 is 5.46 Å². The first kappa shape index (κ1) is 8.94. The zero-order valence-corrected chi connectivity index (χ0v) is 8.20. The van der Waals surface area contributed by atoms with E-state index in [0.29, 0.717) is 10.8 Å². The minimum atomic E-state index is 0.260. The molecule has 0 heterocycles. The van der Waals surface area contributed by atoms with Crippen LogP contribution in [-0.2, 0) is 0 Å². The number of aromatic hydroxyl groups is 2. The van der Waals surface area contributed by atoms with Crippen molar-refractivity contribution in [2.45, 2.75) is 6.92 Å². The zero-order valence-electron chi connectivity index (χ0n) is 8.20. The molecule has 0 aliphatic carbocycles. The molecule has 0 spiro atoms. The Hall–Kier alpha value is -1.64. The molecule has 2 aromatic carbocycles. The van der Waals surface area contributed by atoms with Gasteiger partial charge in [0.25, 0.3) is 0 Å². The predicted molar refractivity (Wildman–Crippen MR) is 60.2 cm³/mol. The smallest absolute Gasteiger partial charge is 0.144 e. The molecule has 2 N–H and O–H groups in total. The van der Waals surface area contributed by atoms with Crippen molar-refractivity contribution in [1.29, 1.82) is 0 Å². The third kappa shape index (κ3) is 1.05.